The van der Waals surface area contributed by atoms with Crippen LogP contribution < -0.4 is 4.90 Å². The minimum atomic E-state index is -4.40. The van der Waals surface area contributed by atoms with E-state index in [0.29, 0.717) is 43.6 Å². The third-order valence-corrected chi connectivity index (χ3v) is 5.91. The molecule has 2 heterocycles. The second-order valence-corrected chi connectivity index (χ2v) is 8.39. The van der Waals surface area contributed by atoms with E-state index in [1.807, 2.05) is 34.1 Å². The van der Waals surface area contributed by atoms with E-state index in [4.69, 9.17) is 0 Å². The van der Waals surface area contributed by atoms with E-state index in [-0.39, 0.29) is 5.91 Å². The predicted octanol–water partition coefficient (Wildman–Crippen LogP) is 4.68. The highest BCUT2D eigenvalue weighted by Crippen LogP contribution is 2.29. The summed E-state index contributed by atoms with van der Waals surface area (Å²) in [6.45, 7) is 10.6. The average molecular weight is 449 g/mol. The zero-order valence-electron chi connectivity index (χ0n) is 18.9. The van der Waals surface area contributed by atoms with E-state index in [1.165, 1.54) is 11.6 Å². The highest BCUT2D eigenvalue weighted by atomic mass is 19.4. The standard InChI is InChI=1S/C24H31F3N4O/c1-4-29(18(2)3)17-19-6-8-20(9-7-19)23(32)31-13-5-12-30(14-15-31)22-11-10-21(16-28-22)24(25,26)27/h6-11,16,18H,4-5,12-15,17H2,1-3H3. The lowest BCUT2D eigenvalue weighted by Crippen LogP contribution is -2.35. The Morgan fingerprint density at radius 3 is 2.34 bits per heavy atom. The number of benzene rings is 1. The smallest absolute Gasteiger partial charge is 0.355 e. The zero-order valence-corrected chi connectivity index (χ0v) is 18.9. The quantitative estimate of drug-likeness (QED) is 0.643. The monoisotopic (exact) mass is 448 g/mol. The molecule has 1 aliphatic rings. The minimum absolute atomic E-state index is 0.0185. The molecule has 0 spiro atoms. The lowest BCUT2D eigenvalue weighted by atomic mass is 10.1. The topological polar surface area (TPSA) is 39.7 Å². The Hall–Kier alpha value is -2.61. The number of hydrogen-bond donors (Lipinski definition) is 0. The Balaban J connectivity index is 1.60. The molecular formula is C24H31F3N4O. The van der Waals surface area contributed by atoms with Crippen LogP contribution >= 0.6 is 0 Å². The fourth-order valence-corrected chi connectivity index (χ4v) is 3.92. The van der Waals surface area contributed by atoms with Crippen molar-refractivity contribution in [3.05, 3.63) is 59.3 Å². The summed E-state index contributed by atoms with van der Waals surface area (Å²) in [6, 6.07) is 10.7. The van der Waals surface area contributed by atoms with E-state index in [2.05, 4.69) is 30.7 Å². The second kappa shape index (κ2) is 10.3. The van der Waals surface area contributed by atoms with Gasteiger partial charge < -0.3 is 9.80 Å². The number of anilines is 1. The van der Waals surface area contributed by atoms with Gasteiger partial charge in [-0.05, 0) is 56.6 Å². The molecule has 0 atom stereocenters. The number of carbonyl (C=O) groups excluding carboxylic acids is 1. The summed E-state index contributed by atoms with van der Waals surface area (Å²) in [6.07, 6.45) is -2.80. The van der Waals surface area contributed by atoms with Crippen LogP contribution in [0.25, 0.3) is 0 Å². The minimum Gasteiger partial charge on any atom is -0.355 e. The van der Waals surface area contributed by atoms with Crippen LogP contribution in [0.4, 0.5) is 19.0 Å². The summed E-state index contributed by atoms with van der Waals surface area (Å²) in [5, 5.41) is 0. The van der Waals surface area contributed by atoms with Crippen molar-refractivity contribution >= 4 is 11.7 Å². The predicted molar refractivity (Wildman–Crippen MR) is 120 cm³/mol. The normalized spacial score (nSPS) is 15.4. The lowest BCUT2D eigenvalue weighted by Gasteiger charge is -2.25. The van der Waals surface area contributed by atoms with Crippen LogP contribution in [-0.4, -0.2) is 59.5 Å². The number of amides is 1. The number of halogens is 3. The van der Waals surface area contributed by atoms with Crippen molar-refractivity contribution in [3.8, 4) is 0 Å². The zero-order chi connectivity index (χ0) is 23.3. The van der Waals surface area contributed by atoms with Crippen LogP contribution in [0, 0.1) is 0 Å². The molecule has 1 amide bonds. The lowest BCUT2D eigenvalue weighted by molar-refractivity contribution is -0.137. The maximum absolute atomic E-state index is 13.0. The SMILES string of the molecule is CCN(Cc1ccc(C(=O)N2CCCN(c3ccc(C(F)(F)F)cn3)CC2)cc1)C(C)C. The largest absolute Gasteiger partial charge is 0.417 e. The molecule has 0 bridgehead atoms. The molecule has 0 radical (unpaired) electrons. The van der Waals surface area contributed by atoms with E-state index in [0.717, 1.165) is 31.8 Å². The van der Waals surface area contributed by atoms with Gasteiger partial charge >= 0.3 is 6.18 Å². The molecule has 0 aliphatic carbocycles. The molecule has 1 saturated heterocycles. The van der Waals surface area contributed by atoms with E-state index < -0.39 is 11.7 Å². The van der Waals surface area contributed by atoms with Crippen molar-refractivity contribution in [1.82, 2.24) is 14.8 Å². The molecule has 5 nitrogen and oxygen atoms in total. The Labute approximate surface area is 187 Å². The number of aromatic nitrogens is 1. The van der Waals surface area contributed by atoms with Crippen molar-refractivity contribution < 1.29 is 18.0 Å². The van der Waals surface area contributed by atoms with Crippen molar-refractivity contribution in [1.29, 1.82) is 0 Å². The first-order valence-corrected chi connectivity index (χ1v) is 11.1. The third-order valence-electron chi connectivity index (χ3n) is 5.91. The number of pyridine rings is 1. The molecule has 174 valence electrons. The van der Waals surface area contributed by atoms with Crippen LogP contribution in [0.3, 0.4) is 0 Å². The molecule has 0 unspecified atom stereocenters. The Bertz CT molecular complexity index is 882. The van der Waals surface area contributed by atoms with Gasteiger partial charge in [-0.3, -0.25) is 9.69 Å². The number of hydrogen-bond acceptors (Lipinski definition) is 4. The Kier molecular flexibility index (Phi) is 7.77. The first kappa shape index (κ1) is 24.0. The third kappa shape index (κ3) is 6.00. The number of alkyl halides is 3. The summed E-state index contributed by atoms with van der Waals surface area (Å²) >= 11 is 0. The second-order valence-electron chi connectivity index (χ2n) is 8.39. The molecule has 1 aromatic heterocycles. The molecule has 32 heavy (non-hydrogen) atoms. The molecule has 1 aromatic carbocycles. The molecule has 0 N–H and O–H groups in total. The molecule has 1 fully saturated rings. The Morgan fingerprint density at radius 2 is 1.78 bits per heavy atom. The van der Waals surface area contributed by atoms with Gasteiger partial charge in [-0.25, -0.2) is 4.98 Å². The van der Waals surface area contributed by atoms with Gasteiger partial charge in [0.05, 0.1) is 5.56 Å². The van der Waals surface area contributed by atoms with Crippen molar-refractivity contribution in [2.24, 2.45) is 0 Å². The summed E-state index contributed by atoms with van der Waals surface area (Å²) in [7, 11) is 0. The molecular weight excluding hydrogens is 417 g/mol. The Morgan fingerprint density at radius 1 is 1.06 bits per heavy atom. The fraction of sp³-hybridized carbons (Fsp3) is 0.500. The summed E-state index contributed by atoms with van der Waals surface area (Å²) in [5.74, 6) is 0.484. The van der Waals surface area contributed by atoms with Crippen molar-refractivity contribution in [2.45, 2.75) is 46.0 Å². The van der Waals surface area contributed by atoms with Crippen LogP contribution in [0.2, 0.25) is 0 Å². The van der Waals surface area contributed by atoms with Gasteiger partial charge in [-0.15, -0.1) is 0 Å². The van der Waals surface area contributed by atoms with Crippen molar-refractivity contribution in [2.75, 3.05) is 37.6 Å². The molecule has 3 rings (SSSR count). The first-order chi connectivity index (χ1) is 15.2. The van der Waals surface area contributed by atoms with Crippen LogP contribution in [-0.2, 0) is 12.7 Å². The summed E-state index contributed by atoms with van der Waals surface area (Å²) < 4.78 is 38.3. The molecule has 0 saturated carbocycles. The van der Waals surface area contributed by atoms with Crippen LogP contribution in [0.15, 0.2) is 42.6 Å². The number of nitrogens with zero attached hydrogens (tertiary/aromatic N) is 4. The van der Waals surface area contributed by atoms with Crippen LogP contribution in [0.1, 0.15) is 48.7 Å². The fourth-order valence-electron chi connectivity index (χ4n) is 3.92. The maximum Gasteiger partial charge on any atom is 0.417 e. The molecule has 2 aromatic rings. The maximum atomic E-state index is 13.0. The van der Waals surface area contributed by atoms with E-state index in [9.17, 15) is 18.0 Å². The molecule has 8 heteroatoms. The van der Waals surface area contributed by atoms with Gasteiger partial charge in [0, 0.05) is 50.5 Å². The number of carbonyl (C=O) groups is 1. The average Bonchev–Trinajstić information content (AvgIpc) is 3.03. The summed E-state index contributed by atoms with van der Waals surface area (Å²) in [4.78, 5) is 23.1. The molecule has 1 aliphatic heterocycles. The number of rotatable bonds is 6. The highest BCUT2D eigenvalue weighted by molar-refractivity contribution is 5.94. The highest BCUT2D eigenvalue weighted by Gasteiger charge is 2.31. The van der Waals surface area contributed by atoms with Gasteiger partial charge in [0.15, 0.2) is 0 Å². The van der Waals surface area contributed by atoms with Gasteiger partial charge in [0.1, 0.15) is 5.82 Å². The van der Waals surface area contributed by atoms with Gasteiger partial charge in [0.2, 0.25) is 0 Å². The van der Waals surface area contributed by atoms with E-state index in [1.54, 1.807) is 0 Å². The van der Waals surface area contributed by atoms with E-state index >= 15 is 0 Å². The van der Waals surface area contributed by atoms with Gasteiger partial charge in [0.25, 0.3) is 5.91 Å². The van der Waals surface area contributed by atoms with Crippen molar-refractivity contribution in [3.63, 3.8) is 0 Å². The van der Waals surface area contributed by atoms with Crippen LogP contribution in [0.5, 0.6) is 0 Å². The van der Waals surface area contributed by atoms with Gasteiger partial charge in [-0.1, -0.05) is 19.1 Å². The summed E-state index contributed by atoms with van der Waals surface area (Å²) in [5.41, 5.74) is 1.07. The van der Waals surface area contributed by atoms with Gasteiger partial charge in [-0.2, -0.15) is 13.2 Å². The first-order valence-electron chi connectivity index (χ1n) is 11.1.